The minimum Gasteiger partial charge on any atom is -0.465 e. The summed E-state index contributed by atoms with van der Waals surface area (Å²) in [5.74, 6) is -1.62. The molecule has 0 bridgehead atoms. The second-order valence-corrected chi connectivity index (χ2v) is 5.14. The standard InChI is InChI=1S/C17H15NO6/c1-22-17(21)13-12(9-5-3-2-4-6-9)15-14(24-16(13)18)11(20)7-10(8-19)23-15/h2-7,12,19H,8,18H2,1H3/t12-/m0/s1. The quantitative estimate of drug-likeness (QED) is 0.808. The Hall–Kier alpha value is -3.06. The van der Waals surface area contributed by atoms with Gasteiger partial charge in [-0.15, -0.1) is 0 Å². The molecule has 3 rings (SSSR count). The number of hydrogen-bond donors (Lipinski definition) is 2. The molecule has 1 aromatic carbocycles. The molecule has 3 N–H and O–H groups in total. The zero-order valence-electron chi connectivity index (χ0n) is 12.8. The van der Waals surface area contributed by atoms with Gasteiger partial charge in [0.1, 0.15) is 17.9 Å². The highest BCUT2D eigenvalue weighted by Crippen LogP contribution is 2.41. The van der Waals surface area contributed by atoms with Gasteiger partial charge in [0.25, 0.3) is 0 Å². The molecule has 0 radical (unpaired) electrons. The smallest absolute Gasteiger partial charge is 0.340 e. The van der Waals surface area contributed by atoms with E-state index in [0.717, 1.165) is 6.07 Å². The average Bonchev–Trinajstić information content (AvgIpc) is 2.61. The van der Waals surface area contributed by atoms with E-state index in [-0.39, 0.29) is 28.7 Å². The number of carbonyl (C=O) groups is 1. The molecule has 24 heavy (non-hydrogen) atoms. The molecule has 7 nitrogen and oxygen atoms in total. The third kappa shape index (κ3) is 2.55. The van der Waals surface area contributed by atoms with E-state index >= 15 is 0 Å². The summed E-state index contributed by atoms with van der Waals surface area (Å²) < 4.78 is 15.7. The first kappa shape index (κ1) is 15.8. The van der Waals surface area contributed by atoms with Crippen LogP contribution in [0.25, 0.3) is 0 Å². The van der Waals surface area contributed by atoms with Gasteiger partial charge in [-0.3, -0.25) is 4.79 Å². The first-order valence-corrected chi connectivity index (χ1v) is 7.15. The summed E-state index contributed by atoms with van der Waals surface area (Å²) in [5, 5.41) is 9.29. The van der Waals surface area contributed by atoms with E-state index < -0.39 is 23.9 Å². The van der Waals surface area contributed by atoms with Crippen molar-refractivity contribution < 1.29 is 23.8 Å². The van der Waals surface area contributed by atoms with Gasteiger partial charge in [-0.05, 0) is 5.56 Å². The van der Waals surface area contributed by atoms with Crippen molar-refractivity contribution in [3.63, 3.8) is 0 Å². The number of carbonyl (C=O) groups excluding carboxylic acids is 1. The summed E-state index contributed by atoms with van der Waals surface area (Å²) in [7, 11) is 1.22. The Labute approximate surface area is 136 Å². The van der Waals surface area contributed by atoms with Crippen molar-refractivity contribution in [2.75, 3.05) is 7.11 Å². The van der Waals surface area contributed by atoms with Crippen LogP contribution in [0.3, 0.4) is 0 Å². The van der Waals surface area contributed by atoms with E-state index in [1.165, 1.54) is 7.11 Å². The highest BCUT2D eigenvalue weighted by Gasteiger charge is 2.38. The number of nitrogens with two attached hydrogens (primary N) is 1. The van der Waals surface area contributed by atoms with Crippen molar-refractivity contribution in [1.82, 2.24) is 0 Å². The monoisotopic (exact) mass is 329 g/mol. The fourth-order valence-electron chi connectivity index (χ4n) is 2.65. The minimum atomic E-state index is -0.776. The molecule has 0 saturated carbocycles. The van der Waals surface area contributed by atoms with Crippen LogP contribution in [0, 0.1) is 0 Å². The number of aliphatic hydroxyl groups excluding tert-OH is 1. The highest BCUT2D eigenvalue weighted by molar-refractivity contribution is 5.92. The van der Waals surface area contributed by atoms with Crippen molar-refractivity contribution in [3.8, 4) is 5.75 Å². The van der Waals surface area contributed by atoms with Crippen LogP contribution in [0.4, 0.5) is 0 Å². The Kier molecular flexibility index (Phi) is 4.09. The Balaban J connectivity index is 2.30. The summed E-state index contributed by atoms with van der Waals surface area (Å²) in [4.78, 5) is 24.4. The molecule has 2 heterocycles. The molecule has 1 atom stereocenters. The first-order chi connectivity index (χ1) is 11.6. The second-order valence-electron chi connectivity index (χ2n) is 5.14. The fourth-order valence-corrected chi connectivity index (χ4v) is 2.65. The van der Waals surface area contributed by atoms with Gasteiger partial charge in [-0.2, -0.15) is 0 Å². The zero-order chi connectivity index (χ0) is 17.3. The van der Waals surface area contributed by atoms with E-state index in [4.69, 9.17) is 19.6 Å². The number of aliphatic hydroxyl groups is 1. The van der Waals surface area contributed by atoms with Crippen LogP contribution in [-0.2, 0) is 16.1 Å². The third-order valence-corrected chi connectivity index (χ3v) is 3.70. The van der Waals surface area contributed by atoms with Crippen LogP contribution in [0.1, 0.15) is 23.0 Å². The lowest BCUT2D eigenvalue weighted by atomic mass is 9.87. The largest absolute Gasteiger partial charge is 0.465 e. The van der Waals surface area contributed by atoms with Gasteiger partial charge >= 0.3 is 5.97 Å². The topological polar surface area (TPSA) is 112 Å². The number of hydrogen-bond acceptors (Lipinski definition) is 7. The van der Waals surface area contributed by atoms with Gasteiger partial charge in [0.2, 0.25) is 17.1 Å². The number of benzene rings is 1. The second kappa shape index (κ2) is 6.21. The predicted molar refractivity (Wildman–Crippen MR) is 83.0 cm³/mol. The van der Waals surface area contributed by atoms with Crippen molar-refractivity contribution in [2.24, 2.45) is 5.73 Å². The molecule has 7 heteroatoms. The minimum absolute atomic E-state index is 0.0365. The van der Waals surface area contributed by atoms with Gasteiger partial charge in [0.05, 0.1) is 13.0 Å². The number of methoxy groups -OCH3 is 1. The van der Waals surface area contributed by atoms with Crippen LogP contribution < -0.4 is 15.9 Å². The van der Waals surface area contributed by atoms with Crippen LogP contribution in [0.2, 0.25) is 0 Å². The van der Waals surface area contributed by atoms with E-state index in [0.29, 0.717) is 5.56 Å². The lowest BCUT2D eigenvalue weighted by molar-refractivity contribution is -0.136. The Morgan fingerprint density at radius 2 is 2.04 bits per heavy atom. The Bertz CT molecular complexity index is 868. The molecule has 1 aliphatic heterocycles. The van der Waals surface area contributed by atoms with Crippen LogP contribution in [-0.4, -0.2) is 18.2 Å². The molecular weight excluding hydrogens is 314 g/mol. The predicted octanol–water partition coefficient (Wildman–Crippen LogP) is 1.000. The molecular formula is C17H15NO6. The van der Waals surface area contributed by atoms with Crippen molar-refractivity contribution in [2.45, 2.75) is 12.5 Å². The molecule has 0 fully saturated rings. The summed E-state index contributed by atoms with van der Waals surface area (Å²) >= 11 is 0. The normalized spacial score (nSPS) is 16.3. The SMILES string of the molecule is COC(=O)C1=C(N)Oc2c(oc(CO)cc2=O)[C@H]1c1ccccc1. The Morgan fingerprint density at radius 1 is 1.33 bits per heavy atom. The number of fused-ring (bicyclic) bond motifs is 1. The van der Waals surface area contributed by atoms with Crippen LogP contribution in [0.5, 0.6) is 5.75 Å². The maximum atomic E-state index is 12.2. The lowest BCUT2D eigenvalue weighted by Gasteiger charge is -2.26. The fraction of sp³-hybridized carbons (Fsp3) is 0.176. The molecule has 0 spiro atoms. The zero-order valence-corrected chi connectivity index (χ0v) is 12.8. The van der Waals surface area contributed by atoms with Crippen molar-refractivity contribution in [1.29, 1.82) is 0 Å². The van der Waals surface area contributed by atoms with E-state index in [2.05, 4.69) is 0 Å². The maximum absolute atomic E-state index is 12.2. The average molecular weight is 329 g/mol. The van der Waals surface area contributed by atoms with Gasteiger partial charge in [0.15, 0.2) is 5.76 Å². The number of ether oxygens (including phenoxy) is 2. The maximum Gasteiger partial charge on any atom is 0.340 e. The molecule has 0 saturated heterocycles. The third-order valence-electron chi connectivity index (χ3n) is 3.70. The van der Waals surface area contributed by atoms with E-state index in [1.54, 1.807) is 24.3 Å². The molecule has 124 valence electrons. The number of esters is 1. The van der Waals surface area contributed by atoms with Gasteiger partial charge in [0, 0.05) is 6.07 Å². The highest BCUT2D eigenvalue weighted by atomic mass is 16.5. The van der Waals surface area contributed by atoms with Crippen LogP contribution >= 0.6 is 0 Å². The van der Waals surface area contributed by atoms with Gasteiger partial charge in [-0.25, -0.2) is 4.79 Å². The summed E-state index contributed by atoms with van der Waals surface area (Å²) in [6.07, 6.45) is 0. The van der Waals surface area contributed by atoms with Crippen molar-refractivity contribution in [3.05, 3.63) is 75.2 Å². The lowest BCUT2D eigenvalue weighted by Crippen LogP contribution is -2.29. The first-order valence-electron chi connectivity index (χ1n) is 7.15. The molecule has 0 amide bonds. The van der Waals surface area contributed by atoms with Crippen LogP contribution in [0.15, 0.2) is 57.1 Å². The summed E-state index contributed by atoms with van der Waals surface area (Å²) in [5.41, 5.74) is 6.08. The molecule has 1 aliphatic rings. The Morgan fingerprint density at radius 3 is 2.67 bits per heavy atom. The van der Waals surface area contributed by atoms with Gasteiger partial charge < -0.3 is 24.7 Å². The van der Waals surface area contributed by atoms with Crippen molar-refractivity contribution >= 4 is 5.97 Å². The molecule has 0 aliphatic carbocycles. The molecule has 2 aromatic rings. The molecule has 0 unspecified atom stereocenters. The van der Waals surface area contributed by atoms with E-state index in [9.17, 15) is 14.7 Å². The number of rotatable bonds is 3. The summed E-state index contributed by atoms with van der Waals surface area (Å²) in [6, 6.07) is 10.0. The molecule has 1 aromatic heterocycles. The summed E-state index contributed by atoms with van der Waals surface area (Å²) in [6.45, 7) is -0.462. The van der Waals surface area contributed by atoms with E-state index in [1.807, 2.05) is 6.07 Å². The van der Waals surface area contributed by atoms with Gasteiger partial charge in [-0.1, -0.05) is 30.3 Å².